The highest BCUT2D eigenvalue weighted by molar-refractivity contribution is 6.45. The minimum absolute atomic E-state index is 0.182. The van der Waals surface area contributed by atoms with Crippen LogP contribution in [-0.2, 0) is 9.59 Å². The molecule has 0 atom stereocenters. The Kier molecular flexibility index (Phi) is 5.15. The zero-order valence-electron chi connectivity index (χ0n) is 16.1. The van der Waals surface area contributed by atoms with Gasteiger partial charge >= 0.3 is 0 Å². The van der Waals surface area contributed by atoms with Crippen LogP contribution in [0.5, 0.6) is 0 Å². The summed E-state index contributed by atoms with van der Waals surface area (Å²) in [4.78, 5) is 31.8. The van der Waals surface area contributed by atoms with Crippen LogP contribution in [0.1, 0.15) is 12.5 Å². The van der Waals surface area contributed by atoms with E-state index < -0.39 is 23.4 Å². The van der Waals surface area contributed by atoms with Crippen molar-refractivity contribution in [2.24, 2.45) is 0 Å². The monoisotopic (exact) mass is 397 g/mol. The SMILES string of the molecule is CCN1CCN(C2=C(c3ccc(F)cc3)C(=O)N(c3cccc(F)c3)C2=O)CC1. The molecular formula is C22H21F2N3O2. The molecule has 0 saturated carbocycles. The van der Waals surface area contributed by atoms with Crippen LogP contribution >= 0.6 is 0 Å². The van der Waals surface area contributed by atoms with E-state index in [1.165, 1.54) is 42.5 Å². The van der Waals surface area contributed by atoms with Gasteiger partial charge in [-0.05, 0) is 42.4 Å². The molecule has 29 heavy (non-hydrogen) atoms. The zero-order chi connectivity index (χ0) is 20.5. The highest BCUT2D eigenvalue weighted by Gasteiger charge is 2.43. The molecule has 2 amide bonds. The summed E-state index contributed by atoms with van der Waals surface area (Å²) in [5.74, 6) is -1.97. The first-order valence-electron chi connectivity index (χ1n) is 9.61. The third-order valence-corrected chi connectivity index (χ3v) is 5.39. The van der Waals surface area contributed by atoms with Crippen LogP contribution < -0.4 is 4.90 Å². The zero-order valence-corrected chi connectivity index (χ0v) is 16.1. The third kappa shape index (κ3) is 3.53. The summed E-state index contributed by atoms with van der Waals surface area (Å²) in [6.45, 7) is 5.75. The van der Waals surface area contributed by atoms with Crippen LogP contribution in [0.4, 0.5) is 14.5 Å². The summed E-state index contributed by atoms with van der Waals surface area (Å²) >= 11 is 0. The van der Waals surface area contributed by atoms with Crippen molar-refractivity contribution in [3.05, 3.63) is 71.4 Å². The molecule has 5 nitrogen and oxygen atoms in total. The summed E-state index contributed by atoms with van der Waals surface area (Å²) in [5, 5.41) is 0. The normalized spacial score (nSPS) is 18.2. The topological polar surface area (TPSA) is 43.9 Å². The number of nitrogens with zero attached hydrogens (tertiary/aromatic N) is 3. The molecule has 0 aromatic heterocycles. The van der Waals surface area contributed by atoms with Crippen molar-refractivity contribution in [3.63, 3.8) is 0 Å². The van der Waals surface area contributed by atoms with Gasteiger partial charge in [-0.2, -0.15) is 0 Å². The Labute approximate surface area is 167 Å². The molecule has 0 radical (unpaired) electrons. The highest BCUT2D eigenvalue weighted by atomic mass is 19.1. The second-order valence-corrected chi connectivity index (χ2v) is 7.08. The van der Waals surface area contributed by atoms with Gasteiger partial charge < -0.3 is 9.80 Å². The summed E-state index contributed by atoms with van der Waals surface area (Å²) in [6, 6.07) is 10.9. The molecule has 150 valence electrons. The van der Waals surface area contributed by atoms with Crippen molar-refractivity contribution in [2.45, 2.75) is 6.92 Å². The van der Waals surface area contributed by atoms with Gasteiger partial charge in [0, 0.05) is 26.2 Å². The first kappa shape index (κ1) is 19.3. The number of imide groups is 1. The second-order valence-electron chi connectivity index (χ2n) is 7.08. The molecule has 2 heterocycles. The summed E-state index contributed by atoms with van der Waals surface area (Å²) < 4.78 is 27.2. The first-order chi connectivity index (χ1) is 14.0. The van der Waals surface area contributed by atoms with E-state index in [1.54, 1.807) is 0 Å². The number of carbonyl (C=O) groups is 2. The summed E-state index contributed by atoms with van der Waals surface area (Å²) in [7, 11) is 0. The van der Waals surface area contributed by atoms with E-state index in [-0.39, 0.29) is 11.3 Å². The Balaban J connectivity index is 1.78. The average Bonchev–Trinajstić information content (AvgIpc) is 2.99. The van der Waals surface area contributed by atoms with Gasteiger partial charge in [-0.3, -0.25) is 9.59 Å². The van der Waals surface area contributed by atoms with Gasteiger partial charge in [-0.1, -0.05) is 25.1 Å². The Morgan fingerprint density at radius 2 is 1.55 bits per heavy atom. The maximum absolute atomic E-state index is 13.8. The molecule has 2 aromatic rings. The van der Waals surface area contributed by atoms with Gasteiger partial charge in [0.25, 0.3) is 11.8 Å². The quantitative estimate of drug-likeness (QED) is 0.745. The summed E-state index contributed by atoms with van der Waals surface area (Å²) in [6.07, 6.45) is 0. The Morgan fingerprint density at radius 3 is 2.17 bits per heavy atom. The maximum atomic E-state index is 13.8. The van der Waals surface area contributed by atoms with Crippen LogP contribution in [0.25, 0.3) is 5.57 Å². The fourth-order valence-corrected chi connectivity index (χ4v) is 3.83. The van der Waals surface area contributed by atoms with Crippen molar-refractivity contribution in [3.8, 4) is 0 Å². The van der Waals surface area contributed by atoms with Crippen LogP contribution in [0.15, 0.2) is 54.2 Å². The lowest BCUT2D eigenvalue weighted by Crippen LogP contribution is -2.47. The van der Waals surface area contributed by atoms with Crippen molar-refractivity contribution < 1.29 is 18.4 Å². The predicted molar refractivity (Wildman–Crippen MR) is 106 cm³/mol. The molecule has 2 aliphatic heterocycles. The number of carbonyl (C=O) groups excluding carboxylic acids is 2. The van der Waals surface area contributed by atoms with Gasteiger partial charge in [0.05, 0.1) is 11.3 Å². The van der Waals surface area contributed by atoms with Crippen molar-refractivity contribution >= 4 is 23.1 Å². The van der Waals surface area contributed by atoms with E-state index >= 15 is 0 Å². The van der Waals surface area contributed by atoms with Crippen LogP contribution in [0.3, 0.4) is 0 Å². The van der Waals surface area contributed by atoms with Gasteiger partial charge in [-0.15, -0.1) is 0 Å². The molecule has 1 fully saturated rings. The molecule has 0 aliphatic carbocycles. The van der Waals surface area contributed by atoms with E-state index in [4.69, 9.17) is 0 Å². The van der Waals surface area contributed by atoms with Gasteiger partial charge in [0.15, 0.2) is 0 Å². The van der Waals surface area contributed by atoms with Crippen molar-refractivity contribution in [1.29, 1.82) is 0 Å². The number of hydrogen-bond acceptors (Lipinski definition) is 4. The third-order valence-electron chi connectivity index (χ3n) is 5.39. The highest BCUT2D eigenvalue weighted by Crippen LogP contribution is 2.35. The van der Waals surface area contributed by atoms with Gasteiger partial charge in [0.2, 0.25) is 0 Å². The van der Waals surface area contributed by atoms with E-state index in [9.17, 15) is 18.4 Å². The number of halogens is 2. The average molecular weight is 397 g/mol. The molecule has 7 heteroatoms. The van der Waals surface area contributed by atoms with E-state index in [1.807, 2.05) is 4.90 Å². The smallest absolute Gasteiger partial charge is 0.282 e. The van der Waals surface area contributed by atoms with Crippen LogP contribution in [0.2, 0.25) is 0 Å². The molecule has 0 bridgehead atoms. The molecular weight excluding hydrogens is 376 g/mol. The number of benzene rings is 2. The first-order valence-corrected chi connectivity index (χ1v) is 9.61. The second kappa shape index (κ2) is 7.75. The Hall–Kier alpha value is -3.06. The lowest BCUT2D eigenvalue weighted by molar-refractivity contribution is -0.120. The predicted octanol–water partition coefficient (Wildman–Crippen LogP) is 2.89. The molecule has 0 N–H and O–H groups in total. The number of amides is 2. The lowest BCUT2D eigenvalue weighted by Gasteiger charge is -2.36. The van der Waals surface area contributed by atoms with Crippen molar-refractivity contribution in [1.82, 2.24) is 9.80 Å². The molecule has 1 saturated heterocycles. The van der Waals surface area contributed by atoms with Gasteiger partial charge in [-0.25, -0.2) is 13.7 Å². The van der Waals surface area contributed by atoms with E-state index in [0.29, 0.717) is 24.4 Å². The minimum atomic E-state index is -0.531. The fraction of sp³-hybridized carbons (Fsp3) is 0.273. The molecule has 2 aromatic carbocycles. The standard InChI is InChI=1S/C22H21F2N3O2/c1-2-25-10-12-26(13-11-25)20-19(15-6-8-16(23)9-7-15)21(28)27(22(20)29)18-5-3-4-17(24)14-18/h3-9,14H,2,10-13H2,1H3. The molecule has 0 unspecified atom stereocenters. The molecule has 2 aliphatic rings. The number of piperazine rings is 1. The molecule has 4 rings (SSSR count). The largest absolute Gasteiger partial charge is 0.364 e. The Morgan fingerprint density at radius 1 is 0.862 bits per heavy atom. The van der Waals surface area contributed by atoms with Crippen LogP contribution in [-0.4, -0.2) is 54.3 Å². The fourth-order valence-electron chi connectivity index (χ4n) is 3.83. The lowest BCUT2D eigenvalue weighted by atomic mass is 10.0. The van der Waals surface area contributed by atoms with E-state index in [0.717, 1.165) is 30.6 Å². The number of rotatable bonds is 4. The Bertz CT molecular complexity index is 980. The van der Waals surface area contributed by atoms with E-state index in [2.05, 4.69) is 11.8 Å². The van der Waals surface area contributed by atoms with Gasteiger partial charge in [0.1, 0.15) is 17.3 Å². The number of likely N-dealkylation sites (N-methyl/N-ethyl adjacent to an activating group) is 1. The summed E-state index contributed by atoms with van der Waals surface area (Å²) in [5.41, 5.74) is 1.17. The number of anilines is 1. The minimum Gasteiger partial charge on any atom is -0.364 e. The van der Waals surface area contributed by atoms with Crippen LogP contribution in [0, 0.1) is 11.6 Å². The maximum Gasteiger partial charge on any atom is 0.282 e. The molecule has 0 spiro atoms. The number of hydrogen-bond donors (Lipinski definition) is 0. The van der Waals surface area contributed by atoms with Crippen molar-refractivity contribution in [2.75, 3.05) is 37.6 Å².